The van der Waals surface area contributed by atoms with Crippen LogP contribution in [0.15, 0.2) is 71.2 Å². The van der Waals surface area contributed by atoms with Crippen molar-refractivity contribution in [2.75, 3.05) is 5.32 Å². The Bertz CT molecular complexity index is 1380. The molecule has 3 heterocycles. The average Bonchev–Trinajstić information content (AvgIpc) is 3.31. The molecule has 8 nitrogen and oxygen atoms in total. The lowest BCUT2D eigenvalue weighted by Gasteiger charge is -2.16. The van der Waals surface area contributed by atoms with Crippen molar-refractivity contribution in [1.29, 1.82) is 5.26 Å². The highest BCUT2D eigenvalue weighted by Crippen LogP contribution is 2.38. The van der Waals surface area contributed by atoms with Gasteiger partial charge in [0.1, 0.15) is 5.75 Å². The van der Waals surface area contributed by atoms with Crippen LogP contribution in [0.5, 0.6) is 11.6 Å². The third-order valence-electron chi connectivity index (χ3n) is 5.28. The minimum absolute atomic E-state index is 0.345. The van der Waals surface area contributed by atoms with Gasteiger partial charge in [-0.15, -0.1) is 5.11 Å². The Morgan fingerprint density at radius 3 is 2.36 bits per heavy atom. The molecule has 0 bridgehead atoms. The fourth-order valence-electron chi connectivity index (χ4n) is 3.66. The van der Waals surface area contributed by atoms with Crippen LogP contribution in [0.3, 0.4) is 0 Å². The molecule has 0 amide bonds. The maximum Gasteiger partial charge on any atom is 0.232 e. The minimum Gasteiger partial charge on any atom is -0.438 e. The number of anilines is 2. The van der Waals surface area contributed by atoms with Crippen molar-refractivity contribution in [3.63, 3.8) is 0 Å². The molecule has 0 aliphatic carbocycles. The van der Waals surface area contributed by atoms with Gasteiger partial charge in [-0.1, -0.05) is 0 Å². The maximum atomic E-state index is 8.99. The number of benzene rings is 2. The number of aromatic nitrogens is 3. The van der Waals surface area contributed by atoms with Gasteiger partial charge in [0, 0.05) is 18.1 Å². The Balaban J connectivity index is 1.48. The van der Waals surface area contributed by atoms with Gasteiger partial charge in [-0.25, -0.2) is 0 Å². The number of aryl methyl sites for hydroxylation is 2. The van der Waals surface area contributed by atoms with E-state index in [2.05, 4.69) is 48.7 Å². The number of nitrogens with one attached hydrogen (secondary N) is 1. The van der Waals surface area contributed by atoms with Crippen LogP contribution >= 0.6 is 0 Å². The number of fused-ring (bicyclic) bond motifs is 1. The van der Waals surface area contributed by atoms with Crippen LogP contribution in [-0.4, -0.2) is 15.0 Å². The molecule has 0 saturated carbocycles. The van der Waals surface area contributed by atoms with Crippen LogP contribution in [0.1, 0.15) is 22.3 Å². The van der Waals surface area contributed by atoms with E-state index in [1.165, 1.54) is 0 Å². The smallest absolute Gasteiger partial charge is 0.232 e. The summed E-state index contributed by atoms with van der Waals surface area (Å²) in [7, 11) is 0. The first-order valence-electron chi connectivity index (χ1n) is 10.4. The van der Waals surface area contributed by atoms with E-state index in [1.807, 2.05) is 26.0 Å². The van der Waals surface area contributed by atoms with Gasteiger partial charge < -0.3 is 10.1 Å². The molecule has 0 saturated heterocycles. The van der Waals surface area contributed by atoms with Gasteiger partial charge in [-0.05, 0) is 84.6 Å². The molecule has 33 heavy (non-hydrogen) atoms. The maximum absolute atomic E-state index is 8.99. The van der Waals surface area contributed by atoms with Gasteiger partial charge in [0.15, 0.2) is 5.82 Å². The van der Waals surface area contributed by atoms with Crippen molar-refractivity contribution < 1.29 is 4.74 Å². The van der Waals surface area contributed by atoms with Gasteiger partial charge in [0.25, 0.3) is 0 Å². The molecular formula is C25H19N7O. The van der Waals surface area contributed by atoms with Gasteiger partial charge >= 0.3 is 0 Å². The van der Waals surface area contributed by atoms with E-state index in [9.17, 15) is 0 Å². The Morgan fingerprint density at radius 1 is 0.939 bits per heavy atom. The molecule has 1 aliphatic rings. The fourth-order valence-corrected chi connectivity index (χ4v) is 3.66. The zero-order valence-corrected chi connectivity index (χ0v) is 18.1. The minimum atomic E-state index is 0.345. The van der Waals surface area contributed by atoms with Crippen molar-refractivity contribution in [3.05, 3.63) is 83.2 Å². The lowest BCUT2D eigenvalue weighted by molar-refractivity contribution is 0.450. The van der Waals surface area contributed by atoms with Gasteiger partial charge in [-0.2, -0.15) is 20.3 Å². The van der Waals surface area contributed by atoms with Gasteiger partial charge in [0.2, 0.25) is 11.8 Å². The lowest BCUT2D eigenvalue weighted by Crippen LogP contribution is -2.03. The summed E-state index contributed by atoms with van der Waals surface area (Å²) in [5.74, 6) is 1.99. The second kappa shape index (κ2) is 8.48. The van der Waals surface area contributed by atoms with Crippen molar-refractivity contribution in [3.8, 4) is 28.8 Å². The summed E-state index contributed by atoms with van der Waals surface area (Å²) < 4.78 is 6.32. The van der Waals surface area contributed by atoms with Crippen LogP contribution in [0.25, 0.3) is 11.1 Å². The number of nitrogens with zero attached hydrogens (tertiary/aromatic N) is 6. The van der Waals surface area contributed by atoms with E-state index in [0.29, 0.717) is 29.8 Å². The zero-order valence-electron chi connectivity index (χ0n) is 18.1. The third-order valence-corrected chi connectivity index (χ3v) is 5.28. The summed E-state index contributed by atoms with van der Waals surface area (Å²) in [4.78, 5) is 13.2. The Kier molecular flexibility index (Phi) is 5.21. The molecule has 1 aliphatic heterocycles. The molecule has 2 aromatic heterocycles. The Labute approximate surface area is 190 Å². The summed E-state index contributed by atoms with van der Waals surface area (Å²) in [5.41, 5.74) is 6.25. The highest BCUT2D eigenvalue weighted by Gasteiger charge is 2.21. The molecule has 2 aromatic carbocycles. The molecule has 0 radical (unpaired) electrons. The highest BCUT2D eigenvalue weighted by molar-refractivity contribution is 5.67. The van der Waals surface area contributed by atoms with Crippen molar-refractivity contribution >= 4 is 17.5 Å². The number of rotatable bonds is 5. The largest absolute Gasteiger partial charge is 0.438 e. The van der Waals surface area contributed by atoms with E-state index in [-0.39, 0.29) is 0 Å². The molecule has 5 rings (SSSR count). The average molecular weight is 433 g/mol. The number of ether oxygens (including phenoxy) is 1. The van der Waals surface area contributed by atoms with Crippen LogP contribution in [0.2, 0.25) is 0 Å². The topological polar surface area (TPSA) is 108 Å². The predicted molar refractivity (Wildman–Crippen MR) is 124 cm³/mol. The first kappa shape index (κ1) is 20.3. The number of hydrogen-bond acceptors (Lipinski definition) is 8. The molecule has 8 heteroatoms. The van der Waals surface area contributed by atoms with Gasteiger partial charge in [-0.3, -0.25) is 4.98 Å². The lowest BCUT2D eigenvalue weighted by atomic mass is 10.0. The summed E-state index contributed by atoms with van der Waals surface area (Å²) in [6, 6.07) is 17.3. The second-order valence-electron chi connectivity index (χ2n) is 7.65. The predicted octanol–water partition coefficient (Wildman–Crippen LogP) is 6.16. The molecule has 1 N–H and O–H groups in total. The molecule has 0 atom stereocenters. The molecular weight excluding hydrogens is 414 g/mol. The summed E-state index contributed by atoms with van der Waals surface area (Å²) in [6.07, 6.45) is 3.56. The van der Waals surface area contributed by atoms with E-state index in [0.717, 1.165) is 39.3 Å². The molecule has 160 valence electrons. The zero-order chi connectivity index (χ0) is 22.8. The quantitative estimate of drug-likeness (QED) is 0.404. The monoisotopic (exact) mass is 433 g/mol. The highest BCUT2D eigenvalue weighted by atomic mass is 16.5. The Morgan fingerprint density at radius 2 is 1.67 bits per heavy atom. The van der Waals surface area contributed by atoms with E-state index in [1.54, 1.807) is 36.7 Å². The summed E-state index contributed by atoms with van der Waals surface area (Å²) in [6.45, 7) is 4.40. The molecule has 0 fully saturated rings. The summed E-state index contributed by atoms with van der Waals surface area (Å²) in [5, 5.41) is 20.4. The van der Waals surface area contributed by atoms with Crippen molar-refractivity contribution in [2.45, 2.75) is 20.4 Å². The number of hydrogen-bond donors (Lipinski definition) is 1. The number of azo groups is 1. The van der Waals surface area contributed by atoms with Crippen LogP contribution in [0.4, 0.5) is 17.5 Å². The third kappa shape index (κ3) is 4.12. The number of nitriles is 1. The second-order valence-corrected chi connectivity index (χ2v) is 7.65. The number of pyridine rings is 1. The molecule has 0 unspecified atom stereocenters. The first-order valence-corrected chi connectivity index (χ1v) is 10.4. The van der Waals surface area contributed by atoms with E-state index < -0.39 is 0 Å². The first-order chi connectivity index (χ1) is 16.1. The molecule has 4 aromatic rings. The Hall–Kier alpha value is -4.64. The van der Waals surface area contributed by atoms with Crippen molar-refractivity contribution in [2.24, 2.45) is 10.2 Å². The SMILES string of the molecule is Cc1cc(-c2ccncc2)cc(C)c1Oc1nc(Nc2ccc(C#N)cc2)nc2c1CN=N2. The normalized spacial score (nSPS) is 11.7. The van der Waals surface area contributed by atoms with E-state index >= 15 is 0 Å². The summed E-state index contributed by atoms with van der Waals surface area (Å²) >= 11 is 0. The molecule has 0 spiro atoms. The van der Waals surface area contributed by atoms with Crippen LogP contribution in [0, 0.1) is 25.2 Å². The standard InChI is InChI=1S/C25H19N7O/c1-15-11-19(18-7-9-27-10-8-18)12-16(2)22(15)33-24-21-14-28-32-23(21)30-25(31-24)29-20-5-3-17(13-26)4-6-20/h3-12H,14H2,1-2H3,(H,29,30,31). The van der Waals surface area contributed by atoms with Crippen molar-refractivity contribution in [1.82, 2.24) is 15.0 Å². The van der Waals surface area contributed by atoms with Gasteiger partial charge in [0.05, 0.1) is 23.7 Å². The van der Waals surface area contributed by atoms with Crippen LogP contribution < -0.4 is 10.1 Å². The fraction of sp³-hybridized carbons (Fsp3) is 0.120. The van der Waals surface area contributed by atoms with Crippen LogP contribution in [-0.2, 0) is 6.54 Å². The van der Waals surface area contributed by atoms with E-state index in [4.69, 9.17) is 10.00 Å².